The fourth-order valence-electron chi connectivity index (χ4n) is 2.00. The van der Waals surface area contributed by atoms with E-state index < -0.39 is 0 Å². The van der Waals surface area contributed by atoms with Crippen LogP contribution in [0.5, 0.6) is 0 Å². The molecule has 0 N–H and O–H groups in total. The summed E-state index contributed by atoms with van der Waals surface area (Å²) in [5, 5.41) is 0. The lowest BCUT2D eigenvalue weighted by Crippen LogP contribution is -2.37. The third-order valence-corrected chi connectivity index (χ3v) is 3.15. The Balaban J connectivity index is 2.15. The van der Waals surface area contributed by atoms with Gasteiger partial charge in [0, 0.05) is 19.2 Å². The van der Waals surface area contributed by atoms with Crippen molar-refractivity contribution in [3.05, 3.63) is 35.4 Å². The van der Waals surface area contributed by atoms with E-state index in [2.05, 4.69) is 0 Å². The van der Waals surface area contributed by atoms with Gasteiger partial charge in [-0.25, -0.2) is 0 Å². The Labute approximate surface area is 96.0 Å². The van der Waals surface area contributed by atoms with Crippen molar-refractivity contribution in [1.82, 2.24) is 4.90 Å². The molecule has 0 spiro atoms. The van der Waals surface area contributed by atoms with Gasteiger partial charge in [-0.2, -0.15) is 0 Å². The number of hydrogen-bond donors (Lipinski definition) is 0. The number of rotatable bonds is 2. The zero-order chi connectivity index (χ0) is 11.5. The minimum Gasteiger partial charge on any atom is -0.379 e. The van der Waals surface area contributed by atoms with Crippen LogP contribution < -0.4 is 0 Å². The first kappa shape index (κ1) is 11.1. The number of benzene rings is 1. The van der Waals surface area contributed by atoms with Gasteiger partial charge >= 0.3 is 0 Å². The number of likely N-dealkylation sites (N-methyl/N-ethyl adjacent to an activating group) is 1. The summed E-state index contributed by atoms with van der Waals surface area (Å²) in [7, 11) is 1.86. The van der Waals surface area contributed by atoms with E-state index in [0.717, 1.165) is 24.2 Å². The van der Waals surface area contributed by atoms with E-state index in [0.29, 0.717) is 6.61 Å². The van der Waals surface area contributed by atoms with Crippen molar-refractivity contribution in [3.63, 3.8) is 0 Å². The predicted octanol–water partition coefficient (Wildman–Crippen LogP) is 1.86. The van der Waals surface area contributed by atoms with Crippen molar-refractivity contribution in [2.24, 2.45) is 0 Å². The Bertz CT molecular complexity index is 383. The summed E-state index contributed by atoms with van der Waals surface area (Å²) in [6.45, 7) is 3.39. The Morgan fingerprint density at radius 3 is 2.81 bits per heavy atom. The standard InChI is InChI=1S/C13H17NO2/c1-10-5-3-4-6-12(10)13(15)14(2)11-7-8-16-9-11/h3-6,11H,7-9H2,1-2H3. The smallest absolute Gasteiger partial charge is 0.254 e. The first-order chi connectivity index (χ1) is 7.70. The molecule has 0 radical (unpaired) electrons. The van der Waals surface area contributed by atoms with Gasteiger partial charge in [-0.1, -0.05) is 18.2 Å². The van der Waals surface area contributed by atoms with Crippen molar-refractivity contribution >= 4 is 5.91 Å². The monoisotopic (exact) mass is 219 g/mol. The van der Waals surface area contributed by atoms with Crippen LogP contribution in [0.2, 0.25) is 0 Å². The van der Waals surface area contributed by atoms with E-state index in [9.17, 15) is 4.79 Å². The number of carbonyl (C=O) groups is 1. The maximum Gasteiger partial charge on any atom is 0.254 e. The van der Waals surface area contributed by atoms with Crippen LogP contribution in [0, 0.1) is 6.92 Å². The third kappa shape index (κ3) is 2.09. The maximum absolute atomic E-state index is 12.2. The zero-order valence-electron chi connectivity index (χ0n) is 9.77. The van der Waals surface area contributed by atoms with Gasteiger partial charge in [0.2, 0.25) is 0 Å². The minimum atomic E-state index is 0.0913. The van der Waals surface area contributed by atoms with Crippen LogP contribution in [0.4, 0.5) is 0 Å². The van der Waals surface area contributed by atoms with E-state index >= 15 is 0 Å². The molecule has 2 rings (SSSR count). The molecule has 0 aromatic heterocycles. The fourth-order valence-corrected chi connectivity index (χ4v) is 2.00. The van der Waals surface area contributed by atoms with Gasteiger partial charge in [-0.15, -0.1) is 0 Å². The van der Waals surface area contributed by atoms with E-state index in [1.54, 1.807) is 4.90 Å². The molecule has 3 nitrogen and oxygen atoms in total. The van der Waals surface area contributed by atoms with Gasteiger partial charge in [-0.05, 0) is 25.0 Å². The van der Waals surface area contributed by atoms with Crippen molar-refractivity contribution in [3.8, 4) is 0 Å². The molecule has 86 valence electrons. The van der Waals surface area contributed by atoms with Crippen LogP contribution in [-0.2, 0) is 4.74 Å². The van der Waals surface area contributed by atoms with Crippen LogP contribution >= 0.6 is 0 Å². The Morgan fingerprint density at radius 1 is 1.44 bits per heavy atom. The molecular weight excluding hydrogens is 202 g/mol. The first-order valence-electron chi connectivity index (χ1n) is 5.60. The van der Waals surface area contributed by atoms with Crippen LogP contribution in [0.3, 0.4) is 0 Å². The van der Waals surface area contributed by atoms with Gasteiger partial charge in [0.15, 0.2) is 0 Å². The van der Waals surface area contributed by atoms with E-state index in [4.69, 9.17) is 4.74 Å². The number of hydrogen-bond acceptors (Lipinski definition) is 2. The molecule has 1 aliphatic heterocycles. The number of ether oxygens (including phenoxy) is 1. The van der Waals surface area contributed by atoms with Crippen molar-refractivity contribution < 1.29 is 9.53 Å². The van der Waals surface area contributed by atoms with E-state index in [1.165, 1.54) is 0 Å². The normalized spacial score (nSPS) is 19.8. The summed E-state index contributed by atoms with van der Waals surface area (Å²) >= 11 is 0. The van der Waals surface area contributed by atoms with E-state index in [-0.39, 0.29) is 11.9 Å². The van der Waals surface area contributed by atoms with Crippen molar-refractivity contribution in [1.29, 1.82) is 0 Å². The molecule has 1 heterocycles. The van der Waals surface area contributed by atoms with Gasteiger partial charge in [0.05, 0.1) is 12.6 Å². The van der Waals surface area contributed by atoms with Crippen LogP contribution in [-0.4, -0.2) is 37.1 Å². The summed E-state index contributed by atoms with van der Waals surface area (Å²) in [6.07, 6.45) is 0.939. The molecule has 1 unspecified atom stereocenters. The molecule has 0 saturated carbocycles. The minimum absolute atomic E-state index is 0.0913. The summed E-state index contributed by atoms with van der Waals surface area (Å²) in [4.78, 5) is 14.0. The second-order valence-electron chi connectivity index (χ2n) is 4.25. The molecule has 0 bridgehead atoms. The van der Waals surface area contributed by atoms with Gasteiger partial charge in [-0.3, -0.25) is 4.79 Å². The second kappa shape index (κ2) is 4.66. The highest BCUT2D eigenvalue weighted by Crippen LogP contribution is 2.16. The highest BCUT2D eigenvalue weighted by atomic mass is 16.5. The highest BCUT2D eigenvalue weighted by Gasteiger charge is 2.25. The fraction of sp³-hybridized carbons (Fsp3) is 0.462. The van der Waals surface area contributed by atoms with Gasteiger partial charge in [0.25, 0.3) is 5.91 Å². The van der Waals surface area contributed by atoms with Gasteiger partial charge < -0.3 is 9.64 Å². The molecule has 1 saturated heterocycles. The van der Waals surface area contributed by atoms with Crippen LogP contribution in [0.25, 0.3) is 0 Å². The topological polar surface area (TPSA) is 29.5 Å². The summed E-state index contributed by atoms with van der Waals surface area (Å²) < 4.78 is 5.30. The van der Waals surface area contributed by atoms with Crippen molar-refractivity contribution in [2.75, 3.05) is 20.3 Å². The first-order valence-corrected chi connectivity index (χ1v) is 5.60. The predicted molar refractivity (Wildman–Crippen MR) is 62.5 cm³/mol. The number of amides is 1. The van der Waals surface area contributed by atoms with Crippen LogP contribution in [0.1, 0.15) is 22.3 Å². The SMILES string of the molecule is Cc1ccccc1C(=O)N(C)C1CCOC1. The van der Waals surface area contributed by atoms with E-state index in [1.807, 2.05) is 38.2 Å². The largest absolute Gasteiger partial charge is 0.379 e. The molecule has 1 aromatic carbocycles. The zero-order valence-corrected chi connectivity index (χ0v) is 9.77. The molecule has 0 aliphatic carbocycles. The molecule has 1 aliphatic rings. The quantitative estimate of drug-likeness (QED) is 0.759. The maximum atomic E-state index is 12.2. The lowest BCUT2D eigenvalue weighted by Gasteiger charge is -2.23. The van der Waals surface area contributed by atoms with Crippen LogP contribution in [0.15, 0.2) is 24.3 Å². The highest BCUT2D eigenvalue weighted by molar-refractivity contribution is 5.95. The average Bonchev–Trinajstić information content (AvgIpc) is 2.81. The lowest BCUT2D eigenvalue weighted by molar-refractivity contribution is 0.0710. The number of nitrogens with zero attached hydrogens (tertiary/aromatic N) is 1. The average molecular weight is 219 g/mol. The Kier molecular flexibility index (Phi) is 3.25. The molecule has 16 heavy (non-hydrogen) atoms. The number of aryl methyl sites for hydroxylation is 1. The van der Waals surface area contributed by atoms with Gasteiger partial charge in [0.1, 0.15) is 0 Å². The third-order valence-electron chi connectivity index (χ3n) is 3.15. The molecule has 1 fully saturated rings. The molecule has 1 amide bonds. The molecule has 1 atom stereocenters. The molecular formula is C13H17NO2. The second-order valence-corrected chi connectivity index (χ2v) is 4.25. The lowest BCUT2D eigenvalue weighted by atomic mass is 10.1. The molecule has 3 heteroatoms. The molecule has 1 aromatic rings. The Hall–Kier alpha value is -1.35. The number of carbonyl (C=O) groups excluding carboxylic acids is 1. The summed E-state index contributed by atoms with van der Waals surface area (Å²) in [5.74, 6) is 0.0913. The summed E-state index contributed by atoms with van der Waals surface area (Å²) in [5.41, 5.74) is 1.81. The van der Waals surface area contributed by atoms with Crippen molar-refractivity contribution in [2.45, 2.75) is 19.4 Å². The summed E-state index contributed by atoms with van der Waals surface area (Å²) in [6, 6.07) is 7.92. The Morgan fingerprint density at radius 2 is 2.19 bits per heavy atom.